The van der Waals surface area contributed by atoms with Crippen molar-refractivity contribution >= 4 is 74.7 Å². The van der Waals surface area contributed by atoms with E-state index in [-0.39, 0.29) is 0 Å². The van der Waals surface area contributed by atoms with E-state index < -0.39 is 0 Å². The third kappa shape index (κ3) is 3.43. The van der Waals surface area contributed by atoms with Gasteiger partial charge in [0.2, 0.25) is 0 Å². The Morgan fingerprint density at radius 1 is 0.415 bits per heavy atom. The summed E-state index contributed by atoms with van der Waals surface area (Å²) in [5.74, 6) is 0.744. The second-order valence-corrected chi connectivity index (χ2v) is 11.7. The molecule has 0 atom stereocenters. The molecule has 2 heterocycles. The Morgan fingerprint density at radius 2 is 1.12 bits per heavy atom. The first-order valence-electron chi connectivity index (χ1n) is 13.8. The normalized spacial score (nSPS) is 11.9. The molecule has 0 N–H and O–H groups in total. The third-order valence-corrected chi connectivity index (χ3v) is 9.36. The SMILES string of the molecule is c1ccc(-c2nc(-c3ccc4c(ccc5ccc6ccc7sc8ccccc8c7c6c54)c3)nc3ccccc23)cc1. The predicted molar refractivity (Wildman–Crippen MR) is 176 cm³/mol. The minimum atomic E-state index is 0.744. The smallest absolute Gasteiger partial charge is 0.160 e. The van der Waals surface area contributed by atoms with Gasteiger partial charge < -0.3 is 0 Å². The van der Waals surface area contributed by atoms with Crippen molar-refractivity contribution in [2.45, 2.75) is 0 Å². The van der Waals surface area contributed by atoms with Crippen LogP contribution in [0.5, 0.6) is 0 Å². The summed E-state index contributed by atoms with van der Waals surface area (Å²) in [5.41, 5.74) is 4.03. The van der Waals surface area contributed by atoms with Crippen LogP contribution < -0.4 is 0 Å². The molecule has 9 aromatic rings. The van der Waals surface area contributed by atoms with E-state index >= 15 is 0 Å². The van der Waals surface area contributed by atoms with Gasteiger partial charge in [0.15, 0.2) is 5.82 Å². The molecule has 0 unspecified atom stereocenters. The van der Waals surface area contributed by atoms with Gasteiger partial charge in [-0.3, -0.25) is 0 Å². The Balaban J connectivity index is 1.33. The molecule has 0 aliphatic rings. The highest BCUT2D eigenvalue weighted by Crippen LogP contribution is 2.43. The lowest BCUT2D eigenvalue weighted by Gasteiger charge is -2.12. The van der Waals surface area contributed by atoms with Crippen molar-refractivity contribution in [2.75, 3.05) is 0 Å². The van der Waals surface area contributed by atoms with E-state index in [1.807, 2.05) is 23.5 Å². The van der Waals surface area contributed by atoms with Crippen molar-refractivity contribution in [3.63, 3.8) is 0 Å². The van der Waals surface area contributed by atoms with E-state index in [1.165, 1.54) is 52.5 Å². The number of para-hydroxylation sites is 1. The van der Waals surface area contributed by atoms with Gasteiger partial charge in [0, 0.05) is 36.7 Å². The number of nitrogens with zero attached hydrogens (tertiary/aromatic N) is 2. The molecule has 0 saturated carbocycles. The van der Waals surface area contributed by atoms with Crippen LogP contribution in [0.3, 0.4) is 0 Å². The average molecular weight is 539 g/mol. The van der Waals surface area contributed by atoms with E-state index in [0.717, 1.165) is 33.5 Å². The van der Waals surface area contributed by atoms with Crippen LogP contribution in [0.2, 0.25) is 0 Å². The largest absolute Gasteiger partial charge is 0.228 e. The fraction of sp³-hybridized carbons (Fsp3) is 0. The lowest BCUT2D eigenvalue weighted by molar-refractivity contribution is 1.23. The molecule has 3 heteroatoms. The van der Waals surface area contributed by atoms with Crippen molar-refractivity contribution in [2.24, 2.45) is 0 Å². The van der Waals surface area contributed by atoms with E-state index in [4.69, 9.17) is 9.97 Å². The number of thiophene rings is 1. The topological polar surface area (TPSA) is 25.8 Å². The van der Waals surface area contributed by atoms with Gasteiger partial charge in [-0.2, -0.15) is 0 Å². The fourth-order valence-corrected chi connectivity index (χ4v) is 7.46. The van der Waals surface area contributed by atoms with Crippen molar-refractivity contribution in [1.82, 2.24) is 9.97 Å². The summed E-state index contributed by atoms with van der Waals surface area (Å²) in [6, 6.07) is 47.7. The first kappa shape index (κ1) is 22.7. The molecule has 0 fully saturated rings. The van der Waals surface area contributed by atoms with E-state index in [9.17, 15) is 0 Å². The first-order chi connectivity index (χ1) is 20.3. The molecule has 0 amide bonds. The van der Waals surface area contributed by atoms with Crippen molar-refractivity contribution in [1.29, 1.82) is 0 Å². The maximum atomic E-state index is 5.12. The molecular weight excluding hydrogens is 516 g/mol. The van der Waals surface area contributed by atoms with E-state index in [2.05, 4.69) is 121 Å². The third-order valence-electron chi connectivity index (χ3n) is 8.23. The molecule has 2 aromatic heterocycles. The molecule has 41 heavy (non-hydrogen) atoms. The van der Waals surface area contributed by atoms with E-state index in [0.29, 0.717) is 0 Å². The van der Waals surface area contributed by atoms with Crippen molar-refractivity contribution in [3.8, 4) is 22.6 Å². The second kappa shape index (κ2) is 8.69. The maximum Gasteiger partial charge on any atom is 0.160 e. The molecule has 7 aromatic carbocycles. The predicted octanol–water partition coefficient (Wildman–Crippen LogP) is 10.8. The molecule has 190 valence electrons. The number of hydrogen-bond donors (Lipinski definition) is 0. The highest BCUT2D eigenvalue weighted by atomic mass is 32.1. The van der Waals surface area contributed by atoms with Crippen LogP contribution in [0.15, 0.2) is 133 Å². The van der Waals surface area contributed by atoms with Crippen LogP contribution in [-0.2, 0) is 0 Å². The van der Waals surface area contributed by atoms with Gasteiger partial charge in [-0.05, 0) is 56.6 Å². The number of benzene rings is 7. The highest BCUT2D eigenvalue weighted by molar-refractivity contribution is 7.26. The summed E-state index contributed by atoms with van der Waals surface area (Å²) in [5, 5.41) is 11.4. The fourth-order valence-electron chi connectivity index (χ4n) is 6.35. The van der Waals surface area contributed by atoms with E-state index in [1.54, 1.807) is 0 Å². The average Bonchev–Trinajstić information content (AvgIpc) is 3.43. The van der Waals surface area contributed by atoms with Crippen molar-refractivity contribution < 1.29 is 0 Å². The zero-order valence-electron chi connectivity index (χ0n) is 22.0. The highest BCUT2D eigenvalue weighted by Gasteiger charge is 2.15. The van der Waals surface area contributed by atoms with Gasteiger partial charge in [-0.1, -0.05) is 109 Å². The van der Waals surface area contributed by atoms with Gasteiger partial charge >= 0.3 is 0 Å². The molecule has 9 rings (SSSR count). The Bertz CT molecular complexity index is 2470. The standard InChI is InChI=1S/C38H22N2S/c1-2-8-25(9-3-1)37-29-10-4-6-12-31(29)39-38(40-37)27-18-20-28-26(22-27)17-16-23-14-15-24-19-21-33-36(35(24)34(23)28)30-11-5-7-13-32(30)41-33/h1-22H. The molecule has 0 saturated heterocycles. The van der Waals surface area contributed by atoms with Gasteiger partial charge in [0.25, 0.3) is 0 Å². The molecule has 2 nitrogen and oxygen atoms in total. The molecule has 0 spiro atoms. The van der Waals surface area contributed by atoms with Crippen molar-refractivity contribution in [3.05, 3.63) is 133 Å². The van der Waals surface area contributed by atoms with Crippen LogP contribution in [0, 0.1) is 0 Å². The van der Waals surface area contributed by atoms with Gasteiger partial charge in [-0.25, -0.2) is 9.97 Å². The maximum absolute atomic E-state index is 5.12. The molecule has 0 bridgehead atoms. The summed E-state index contributed by atoms with van der Waals surface area (Å²) in [4.78, 5) is 10.1. The monoisotopic (exact) mass is 538 g/mol. The summed E-state index contributed by atoms with van der Waals surface area (Å²) >= 11 is 1.87. The minimum absolute atomic E-state index is 0.744. The first-order valence-corrected chi connectivity index (χ1v) is 14.7. The summed E-state index contributed by atoms with van der Waals surface area (Å²) in [6.07, 6.45) is 0. The van der Waals surface area contributed by atoms with Gasteiger partial charge in [0.1, 0.15) is 0 Å². The van der Waals surface area contributed by atoms with Crippen LogP contribution >= 0.6 is 11.3 Å². The minimum Gasteiger partial charge on any atom is -0.228 e. The van der Waals surface area contributed by atoms with Crippen LogP contribution in [0.1, 0.15) is 0 Å². The van der Waals surface area contributed by atoms with Crippen LogP contribution in [0.25, 0.3) is 86.0 Å². The molecule has 0 radical (unpaired) electrons. The Hall–Kier alpha value is -5.12. The molecule has 0 aliphatic heterocycles. The summed E-state index contributed by atoms with van der Waals surface area (Å²) < 4.78 is 2.66. The molecule has 0 aliphatic carbocycles. The second-order valence-electron chi connectivity index (χ2n) is 10.6. The lowest BCUT2D eigenvalue weighted by atomic mass is 9.93. The Morgan fingerprint density at radius 3 is 2.00 bits per heavy atom. The Kier molecular flexibility index (Phi) is 4.80. The van der Waals surface area contributed by atoms with Gasteiger partial charge in [-0.15, -0.1) is 11.3 Å². The Labute approximate surface area is 240 Å². The van der Waals surface area contributed by atoms with Crippen LogP contribution in [-0.4, -0.2) is 9.97 Å². The quantitative estimate of drug-likeness (QED) is 0.205. The zero-order valence-corrected chi connectivity index (χ0v) is 22.8. The number of fused-ring (bicyclic) bond motifs is 10. The lowest BCUT2D eigenvalue weighted by Crippen LogP contribution is -1.95. The summed E-state index contributed by atoms with van der Waals surface area (Å²) in [7, 11) is 0. The number of rotatable bonds is 2. The molecular formula is C38H22N2S. The zero-order chi connectivity index (χ0) is 26.9. The number of hydrogen-bond acceptors (Lipinski definition) is 3. The summed E-state index contributed by atoms with van der Waals surface area (Å²) in [6.45, 7) is 0. The van der Waals surface area contributed by atoms with Gasteiger partial charge in [0.05, 0.1) is 11.2 Å². The van der Waals surface area contributed by atoms with Crippen LogP contribution in [0.4, 0.5) is 0 Å². The number of aromatic nitrogens is 2.